The Morgan fingerprint density at radius 2 is 1.96 bits per heavy atom. The van der Waals surface area contributed by atoms with Gasteiger partial charge in [0, 0.05) is 18.8 Å². The summed E-state index contributed by atoms with van der Waals surface area (Å²) in [7, 11) is 0. The molecular formula is C19H19F3N2O2. The summed E-state index contributed by atoms with van der Waals surface area (Å²) in [6.45, 7) is 1.12. The van der Waals surface area contributed by atoms with Crippen LogP contribution in [0.1, 0.15) is 28.8 Å². The van der Waals surface area contributed by atoms with Crippen molar-refractivity contribution in [2.24, 2.45) is 0 Å². The molecule has 0 unspecified atom stereocenters. The maximum absolute atomic E-state index is 12.9. The van der Waals surface area contributed by atoms with Gasteiger partial charge >= 0.3 is 6.18 Å². The van der Waals surface area contributed by atoms with E-state index >= 15 is 0 Å². The van der Waals surface area contributed by atoms with Crippen LogP contribution >= 0.6 is 0 Å². The quantitative estimate of drug-likeness (QED) is 0.829. The Hall–Kier alpha value is -2.54. The van der Waals surface area contributed by atoms with Crippen molar-refractivity contribution in [3.63, 3.8) is 0 Å². The number of halogens is 3. The minimum atomic E-state index is -4.42. The van der Waals surface area contributed by atoms with Gasteiger partial charge in [-0.15, -0.1) is 0 Å². The summed E-state index contributed by atoms with van der Waals surface area (Å²) in [4.78, 5) is 12.5. The number of anilines is 2. The minimum Gasteiger partial charge on any atom is -0.376 e. The van der Waals surface area contributed by atoms with Gasteiger partial charge in [-0.2, -0.15) is 13.2 Å². The van der Waals surface area contributed by atoms with Crippen molar-refractivity contribution in [1.82, 2.24) is 5.32 Å². The second-order valence-electron chi connectivity index (χ2n) is 6.09. The standard InChI is InChI=1S/C19H19F3N2O2/c20-19(21,22)13-5-3-6-14(11-13)24-17-9-2-1-8-16(17)18(25)23-12-15-7-4-10-26-15/h1-3,5-6,8-9,11,15,24H,4,7,10,12H2,(H,23,25)/t15-/m0/s1. The molecule has 0 aromatic heterocycles. The van der Waals surface area contributed by atoms with Crippen molar-refractivity contribution in [2.75, 3.05) is 18.5 Å². The van der Waals surface area contributed by atoms with Crippen molar-refractivity contribution < 1.29 is 22.7 Å². The predicted octanol–water partition coefficient (Wildman–Crippen LogP) is 4.36. The first-order valence-electron chi connectivity index (χ1n) is 8.36. The van der Waals surface area contributed by atoms with Crippen molar-refractivity contribution in [3.05, 3.63) is 59.7 Å². The van der Waals surface area contributed by atoms with Crippen molar-refractivity contribution in [2.45, 2.75) is 25.1 Å². The fourth-order valence-corrected chi connectivity index (χ4v) is 2.83. The van der Waals surface area contributed by atoms with Crippen molar-refractivity contribution in [3.8, 4) is 0 Å². The van der Waals surface area contributed by atoms with Gasteiger partial charge < -0.3 is 15.4 Å². The third kappa shape index (κ3) is 4.54. The number of amides is 1. The largest absolute Gasteiger partial charge is 0.416 e. The molecule has 1 aliphatic heterocycles. The van der Waals surface area contributed by atoms with Gasteiger partial charge in [0.1, 0.15) is 0 Å². The normalized spacial score (nSPS) is 17.1. The molecule has 138 valence electrons. The van der Waals surface area contributed by atoms with Crippen LogP contribution in [0, 0.1) is 0 Å². The van der Waals surface area contributed by atoms with Gasteiger partial charge in [-0.3, -0.25) is 4.79 Å². The molecule has 1 aliphatic rings. The summed E-state index contributed by atoms with van der Waals surface area (Å²) in [6.07, 6.45) is -2.52. The Labute approximate surface area is 149 Å². The van der Waals surface area contributed by atoms with Crippen LogP contribution in [0.2, 0.25) is 0 Å². The molecule has 1 fully saturated rings. The number of hydrogen-bond donors (Lipinski definition) is 2. The van der Waals surface area contributed by atoms with E-state index in [-0.39, 0.29) is 17.7 Å². The molecule has 1 atom stereocenters. The molecule has 0 bridgehead atoms. The Morgan fingerprint density at radius 3 is 2.69 bits per heavy atom. The average molecular weight is 364 g/mol. The fraction of sp³-hybridized carbons (Fsp3) is 0.316. The molecule has 2 N–H and O–H groups in total. The molecule has 1 heterocycles. The zero-order chi connectivity index (χ0) is 18.6. The van der Waals surface area contributed by atoms with E-state index in [0.29, 0.717) is 24.4 Å². The lowest BCUT2D eigenvalue weighted by atomic mass is 10.1. The molecule has 4 nitrogen and oxygen atoms in total. The first-order valence-corrected chi connectivity index (χ1v) is 8.36. The molecule has 2 aromatic carbocycles. The van der Waals surface area contributed by atoms with Gasteiger partial charge in [0.25, 0.3) is 5.91 Å². The summed E-state index contributed by atoms with van der Waals surface area (Å²) in [5.74, 6) is -0.296. The highest BCUT2D eigenvalue weighted by molar-refractivity contribution is 6.00. The number of carbonyl (C=O) groups excluding carboxylic acids is 1. The molecule has 3 rings (SSSR count). The van der Waals surface area contributed by atoms with Crippen LogP contribution in [0.4, 0.5) is 24.5 Å². The lowest BCUT2D eigenvalue weighted by Gasteiger charge is -2.15. The molecule has 26 heavy (non-hydrogen) atoms. The first-order chi connectivity index (χ1) is 12.4. The molecule has 2 aromatic rings. The van der Waals surface area contributed by atoms with Gasteiger partial charge in [-0.05, 0) is 43.2 Å². The van der Waals surface area contributed by atoms with Crippen LogP contribution in [0.15, 0.2) is 48.5 Å². The van der Waals surface area contributed by atoms with E-state index in [2.05, 4.69) is 10.6 Å². The number of nitrogens with one attached hydrogen (secondary N) is 2. The first kappa shape index (κ1) is 18.3. The zero-order valence-corrected chi connectivity index (χ0v) is 14.0. The fourth-order valence-electron chi connectivity index (χ4n) is 2.83. The molecule has 1 saturated heterocycles. The van der Waals surface area contributed by atoms with Gasteiger partial charge in [0.15, 0.2) is 0 Å². The van der Waals surface area contributed by atoms with Gasteiger partial charge in [0.05, 0.1) is 22.9 Å². The Kier molecular flexibility index (Phi) is 5.46. The van der Waals surface area contributed by atoms with E-state index in [0.717, 1.165) is 25.0 Å². The summed E-state index contributed by atoms with van der Waals surface area (Å²) < 4.78 is 44.0. The summed E-state index contributed by atoms with van der Waals surface area (Å²) >= 11 is 0. The van der Waals surface area contributed by atoms with Gasteiger partial charge in [0.2, 0.25) is 0 Å². The van der Waals surface area contributed by atoms with E-state index in [9.17, 15) is 18.0 Å². The third-order valence-electron chi connectivity index (χ3n) is 4.15. The predicted molar refractivity (Wildman–Crippen MR) is 92.5 cm³/mol. The number of para-hydroxylation sites is 1. The van der Waals surface area contributed by atoms with Crippen LogP contribution < -0.4 is 10.6 Å². The van der Waals surface area contributed by atoms with E-state index in [1.54, 1.807) is 24.3 Å². The smallest absolute Gasteiger partial charge is 0.376 e. The lowest BCUT2D eigenvalue weighted by molar-refractivity contribution is -0.137. The van der Waals surface area contributed by atoms with Crippen LogP contribution in [-0.4, -0.2) is 25.2 Å². The molecule has 7 heteroatoms. The van der Waals surface area contributed by atoms with Crippen molar-refractivity contribution >= 4 is 17.3 Å². The maximum Gasteiger partial charge on any atom is 0.416 e. The SMILES string of the molecule is O=C(NC[C@@H]1CCCO1)c1ccccc1Nc1cccc(C(F)(F)F)c1. The number of benzene rings is 2. The van der Waals surface area contributed by atoms with Crippen LogP contribution in [-0.2, 0) is 10.9 Å². The second-order valence-corrected chi connectivity index (χ2v) is 6.09. The Bertz CT molecular complexity index is 771. The molecule has 0 spiro atoms. The van der Waals surface area contributed by atoms with E-state index in [1.807, 2.05) is 0 Å². The summed E-state index contributed by atoms with van der Waals surface area (Å²) in [5, 5.41) is 5.72. The molecule has 0 aliphatic carbocycles. The van der Waals surface area contributed by atoms with Crippen LogP contribution in [0.3, 0.4) is 0 Å². The number of hydrogen-bond acceptors (Lipinski definition) is 3. The lowest BCUT2D eigenvalue weighted by Crippen LogP contribution is -2.32. The summed E-state index contributed by atoms with van der Waals surface area (Å²) in [6, 6.07) is 11.6. The maximum atomic E-state index is 12.9. The monoisotopic (exact) mass is 364 g/mol. The Balaban J connectivity index is 1.73. The highest BCUT2D eigenvalue weighted by Crippen LogP contribution is 2.31. The highest BCUT2D eigenvalue weighted by Gasteiger charge is 2.30. The molecule has 0 saturated carbocycles. The second kappa shape index (κ2) is 7.78. The molecule has 0 radical (unpaired) electrons. The third-order valence-corrected chi connectivity index (χ3v) is 4.15. The Morgan fingerprint density at radius 1 is 1.15 bits per heavy atom. The highest BCUT2D eigenvalue weighted by atomic mass is 19.4. The molecular weight excluding hydrogens is 345 g/mol. The average Bonchev–Trinajstić information content (AvgIpc) is 3.13. The number of rotatable bonds is 5. The molecule has 1 amide bonds. The van der Waals surface area contributed by atoms with Gasteiger partial charge in [-0.25, -0.2) is 0 Å². The van der Waals surface area contributed by atoms with E-state index < -0.39 is 11.7 Å². The summed E-state index contributed by atoms with van der Waals surface area (Å²) in [5.41, 5.74) is 0.321. The van der Waals surface area contributed by atoms with Crippen LogP contribution in [0.5, 0.6) is 0 Å². The van der Waals surface area contributed by atoms with Gasteiger partial charge in [-0.1, -0.05) is 18.2 Å². The van der Waals surface area contributed by atoms with Crippen molar-refractivity contribution in [1.29, 1.82) is 0 Å². The van der Waals surface area contributed by atoms with E-state index in [1.165, 1.54) is 12.1 Å². The topological polar surface area (TPSA) is 50.4 Å². The van der Waals surface area contributed by atoms with Crippen LogP contribution in [0.25, 0.3) is 0 Å². The number of carbonyl (C=O) groups is 1. The zero-order valence-electron chi connectivity index (χ0n) is 14.0. The minimum absolute atomic E-state index is 0.0162. The number of alkyl halides is 3. The van der Waals surface area contributed by atoms with E-state index in [4.69, 9.17) is 4.74 Å². The number of ether oxygens (including phenoxy) is 1.